The number of hydrogen-bond acceptors (Lipinski definition) is 5. The molecule has 26 heavy (non-hydrogen) atoms. The predicted molar refractivity (Wildman–Crippen MR) is 98.4 cm³/mol. The molecule has 0 aliphatic carbocycles. The molecule has 0 radical (unpaired) electrons. The fourth-order valence-electron chi connectivity index (χ4n) is 4.14. The van der Waals surface area contributed by atoms with Crippen molar-refractivity contribution in [3.8, 4) is 5.75 Å². The molecule has 2 heterocycles. The number of halogens is 1. The van der Waals surface area contributed by atoms with Crippen molar-refractivity contribution < 1.29 is 22.3 Å². The first-order valence-electron chi connectivity index (χ1n) is 9.30. The van der Waals surface area contributed by atoms with Crippen LogP contribution in [0.5, 0.6) is 5.75 Å². The first kappa shape index (κ1) is 19.6. The van der Waals surface area contributed by atoms with Crippen LogP contribution in [0.2, 0.25) is 0 Å². The van der Waals surface area contributed by atoms with Crippen LogP contribution >= 0.6 is 0 Å². The summed E-state index contributed by atoms with van der Waals surface area (Å²) in [5, 5.41) is 3.29. The molecule has 7 heteroatoms. The number of benzene rings is 1. The first-order chi connectivity index (χ1) is 12.2. The predicted octanol–water partition coefficient (Wildman–Crippen LogP) is 2.99. The smallest absolute Gasteiger partial charge is 0.201 e. The molecule has 0 aromatic heterocycles. The SMILES string of the molecule is CCO[C@@]1(S(=O)(=O)CC(C)C)CC2(CCNCC2)Oc2ccc(F)cc21. The van der Waals surface area contributed by atoms with Gasteiger partial charge in [0, 0.05) is 18.6 Å². The lowest BCUT2D eigenvalue weighted by Gasteiger charge is -2.49. The zero-order chi connectivity index (χ0) is 19.0. The van der Waals surface area contributed by atoms with Gasteiger partial charge in [0.05, 0.1) is 5.75 Å². The van der Waals surface area contributed by atoms with E-state index in [-0.39, 0.29) is 24.7 Å². The molecule has 2 aliphatic heterocycles. The fraction of sp³-hybridized carbons (Fsp3) is 0.684. The normalized spacial score (nSPS) is 25.1. The Balaban J connectivity index is 2.21. The van der Waals surface area contributed by atoms with Crippen LogP contribution in [0.3, 0.4) is 0 Å². The van der Waals surface area contributed by atoms with Crippen molar-refractivity contribution >= 4 is 9.84 Å². The second-order valence-electron chi connectivity index (χ2n) is 7.71. The third-order valence-corrected chi connectivity index (χ3v) is 7.77. The van der Waals surface area contributed by atoms with E-state index in [0.29, 0.717) is 24.2 Å². The van der Waals surface area contributed by atoms with Crippen LogP contribution in [0.25, 0.3) is 0 Å². The van der Waals surface area contributed by atoms with Crippen LogP contribution in [0, 0.1) is 11.7 Å². The Bertz CT molecular complexity index is 759. The van der Waals surface area contributed by atoms with Crippen molar-refractivity contribution in [1.29, 1.82) is 0 Å². The molecular weight excluding hydrogens is 357 g/mol. The van der Waals surface area contributed by atoms with E-state index in [1.54, 1.807) is 6.92 Å². The van der Waals surface area contributed by atoms with E-state index in [1.165, 1.54) is 18.2 Å². The maximum atomic E-state index is 14.0. The van der Waals surface area contributed by atoms with Crippen LogP contribution in [0.4, 0.5) is 4.39 Å². The highest BCUT2D eigenvalue weighted by atomic mass is 32.2. The van der Waals surface area contributed by atoms with E-state index in [4.69, 9.17) is 9.47 Å². The van der Waals surface area contributed by atoms with Gasteiger partial charge in [-0.2, -0.15) is 0 Å². The van der Waals surface area contributed by atoms with Gasteiger partial charge in [0.25, 0.3) is 0 Å². The number of hydrogen-bond donors (Lipinski definition) is 1. The molecule has 5 nitrogen and oxygen atoms in total. The molecule has 3 rings (SSSR count). The molecule has 0 unspecified atom stereocenters. The Hall–Kier alpha value is -1.18. The zero-order valence-corrected chi connectivity index (χ0v) is 16.5. The van der Waals surface area contributed by atoms with Crippen LogP contribution < -0.4 is 10.1 Å². The Morgan fingerprint density at radius 2 is 2.00 bits per heavy atom. The number of rotatable bonds is 5. The van der Waals surface area contributed by atoms with E-state index in [9.17, 15) is 12.8 Å². The molecule has 1 fully saturated rings. The Morgan fingerprint density at radius 1 is 1.31 bits per heavy atom. The molecule has 1 aromatic carbocycles. The molecule has 1 spiro atoms. The van der Waals surface area contributed by atoms with Crippen LogP contribution in [-0.4, -0.2) is 39.5 Å². The summed E-state index contributed by atoms with van der Waals surface area (Å²) in [6.07, 6.45) is 1.58. The second-order valence-corrected chi connectivity index (χ2v) is 9.94. The summed E-state index contributed by atoms with van der Waals surface area (Å²) >= 11 is 0. The summed E-state index contributed by atoms with van der Waals surface area (Å²) in [5.74, 6) is -0.143. The van der Waals surface area contributed by atoms with Crippen molar-refractivity contribution in [2.45, 2.75) is 50.6 Å². The molecule has 0 amide bonds. The summed E-state index contributed by atoms with van der Waals surface area (Å²) in [6, 6.07) is 4.10. The minimum atomic E-state index is -3.70. The van der Waals surface area contributed by atoms with Gasteiger partial charge in [-0.1, -0.05) is 13.8 Å². The molecule has 0 bridgehead atoms. The van der Waals surface area contributed by atoms with Gasteiger partial charge in [-0.05, 0) is 57.0 Å². The molecule has 2 aliphatic rings. The summed E-state index contributed by atoms with van der Waals surface area (Å²) in [5.41, 5.74) is -0.320. The number of piperidine rings is 1. The van der Waals surface area contributed by atoms with Crippen molar-refractivity contribution in [3.05, 3.63) is 29.6 Å². The van der Waals surface area contributed by atoms with Crippen molar-refractivity contribution in [2.75, 3.05) is 25.4 Å². The summed E-state index contributed by atoms with van der Waals surface area (Å²) in [7, 11) is -3.70. The van der Waals surface area contributed by atoms with Crippen LogP contribution in [0.15, 0.2) is 18.2 Å². The highest BCUT2D eigenvalue weighted by molar-refractivity contribution is 7.92. The quantitative estimate of drug-likeness (QED) is 0.844. The number of sulfone groups is 1. The average Bonchev–Trinajstić information content (AvgIpc) is 2.55. The van der Waals surface area contributed by atoms with Gasteiger partial charge in [-0.3, -0.25) is 0 Å². The molecule has 1 aromatic rings. The lowest BCUT2D eigenvalue weighted by atomic mass is 9.81. The van der Waals surface area contributed by atoms with Gasteiger partial charge in [-0.25, -0.2) is 12.8 Å². The third kappa shape index (κ3) is 3.37. The minimum absolute atomic E-state index is 0.0166. The Morgan fingerprint density at radius 3 is 2.62 bits per heavy atom. The molecule has 1 saturated heterocycles. The van der Waals surface area contributed by atoms with E-state index < -0.39 is 26.2 Å². The molecule has 146 valence electrons. The maximum Gasteiger partial charge on any atom is 0.201 e. The topological polar surface area (TPSA) is 64.6 Å². The van der Waals surface area contributed by atoms with E-state index in [2.05, 4.69) is 5.32 Å². The Labute approximate surface area is 155 Å². The van der Waals surface area contributed by atoms with Gasteiger partial charge in [-0.15, -0.1) is 0 Å². The minimum Gasteiger partial charge on any atom is -0.487 e. The largest absolute Gasteiger partial charge is 0.487 e. The van der Waals surface area contributed by atoms with Gasteiger partial charge in [0.1, 0.15) is 17.2 Å². The highest BCUT2D eigenvalue weighted by Gasteiger charge is 2.57. The standard InChI is InChI=1S/C19H28FNO4S/c1-4-24-19(26(22,23)12-14(2)3)13-18(7-9-21-10-8-18)25-17-6-5-15(20)11-16(17)19/h5-6,11,14,21H,4,7-10,12-13H2,1-3H3/t19-/m1/s1. The van der Waals surface area contributed by atoms with Gasteiger partial charge >= 0.3 is 0 Å². The van der Waals surface area contributed by atoms with Crippen molar-refractivity contribution in [1.82, 2.24) is 5.32 Å². The molecule has 1 atom stereocenters. The van der Waals surface area contributed by atoms with Crippen molar-refractivity contribution in [2.24, 2.45) is 5.92 Å². The average molecular weight is 386 g/mol. The molecular formula is C19H28FNO4S. The Kier molecular flexibility index (Phi) is 5.34. The van der Waals surface area contributed by atoms with Gasteiger partial charge < -0.3 is 14.8 Å². The maximum absolute atomic E-state index is 14.0. The van der Waals surface area contributed by atoms with Crippen LogP contribution in [0.1, 0.15) is 45.6 Å². The molecule has 0 saturated carbocycles. The van der Waals surface area contributed by atoms with Gasteiger partial charge in [0.2, 0.25) is 4.93 Å². The van der Waals surface area contributed by atoms with Crippen LogP contribution in [-0.2, 0) is 19.5 Å². The lowest BCUT2D eigenvalue weighted by molar-refractivity contribution is -0.0820. The fourth-order valence-corrected chi connectivity index (χ4v) is 6.56. The lowest BCUT2D eigenvalue weighted by Crippen LogP contribution is -2.57. The number of nitrogens with one attached hydrogen (secondary N) is 1. The van der Waals surface area contributed by atoms with E-state index in [1.807, 2.05) is 13.8 Å². The monoisotopic (exact) mass is 385 g/mol. The first-order valence-corrected chi connectivity index (χ1v) is 10.9. The second kappa shape index (κ2) is 7.09. The van der Waals surface area contributed by atoms with E-state index in [0.717, 1.165) is 13.1 Å². The highest BCUT2D eigenvalue weighted by Crippen LogP contribution is 2.52. The van der Waals surface area contributed by atoms with E-state index >= 15 is 0 Å². The molecule has 1 N–H and O–H groups in total. The zero-order valence-electron chi connectivity index (χ0n) is 15.7. The number of fused-ring (bicyclic) bond motifs is 1. The summed E-state index contributed by atoms with van der Waals surface area (Å²) < 4.78 is 53.3. The summed E-state index contributed by atoms with van der Waals surface area (Å²) in [4.78, 5) is -1.57. The van der Waals surface area contributed by atoms with Crippen molar-refractivity contribution in [3.63, 3.8) is 0 Å². The third-order valence-electron chi connectivity index (χ3n) is 5.18. The van der Waals surface area contributed by atoms with Gasteiger partial charge in [0.15, 0.2) is 9.84 Å². The number of ether oxygens (including phenoxy) is 2. The summed E-state index contributed by atoms with van der Waals surface area (Å²) in [6.45, 7) is 7.23.